The van der Waals surface area contributed by atoms with E-state index < -0.39 is 12.3 Å². The summed E-state index contributed by atoms with van der Waals surface area (Å²) in [6.07, 6.45) is -0.0874. The van der Waals surface area contributed by atoms with Crippen LogP contribution < -0.4 is 11.3 Å². The highest BCUT2D eigenvalue weighted by Gasteiger charge is 2.23. The Bertz CT molecular complexity index is 821. The van der Waals surface area contributed by atoms with Gasteiger partial charge in [-0.25, -0.2) is 14.4 Å². The van der Waals surface area contributed by atoms with Crippen LogP contribution in [0, 0.1) is 6.92 Å². The first-order valence-corrected chi connectivity index (χ1v) is 6.66. The van der Waals surface area contributed by atoms with Crippen LogP contribution in [-0.4, -0.2) is 22.2 Å². The van der Waals surface area contributed by atoms with E-state index in [4.69, 9.17) is 5.73 Å². The van der Waals surface area contributed by atoms with Gasteiger partial charge < -0.3 is 5.73 Å². The molecule has 20 heavy (non-hydrogen) atoms. The number of hydrogen-bond acceptors (Lipinski definition) is 5. The molecule has 0 spiro atoms. The van der Waals surface area contributed by atoms with Gasteiger partial charge in [0.1, 0.15) is 4.83 Å². The lowest BCUT2D eigenvalue weighted by Crippen LogP contribution is -2.11. The first-order chi connectivity index (χ1) is 9.47. The fraction of sp³-hybridized carbons (Fsp3) is 0.250. The minimum Gasteiger partial charge on any atom is -0.369 e. The molecule has 0 aliphatic carbocycles. The van der Waals surface area contributed by atoms with Gasteiger partial charge in [0, 0.05) is 16.9 Å². The molecule has 8 heteroatoms. The summed E-state index contributed by atoms with van der Waals surface area (Å²) in [7, 11) is 0. The first-order valence-electron chi connectivity index (χ1n) is 5.84. The Kier molecular flexibility index (Phi) is 2.89. The molecule has 0 fully saturated rings. The number of anilines is 1. The lowest BCUT2D eigenvalue weighted by atomic mass is 10.1. The molecule has 3 rings (SSSR count). The Morgan fingerprint density at radius 3 is 3.00 bits per heavy atom. The molecular formula is C12H10F2N4OS. The number of nitrogen functional groups attached to an aromatic ring is 1. The number of nitrogens with two attached hydrogens (primary N) is 1. The molecule has 104 valence electrons. The number of dihydropyridines is 1. The minimum atomic E-state index is -1.55. The second kappa shape index (κ2) is 4.48. The van der Waals surface area contributed by atoms with Crippen LogP contribution in [0.4, 0.5) is 14.7 Å². The highest BCUT2D eigenvalue weighted by molar-refractivity contribution is 7.20. The second-order valence-electron chi connectivity index (χ2n) is 4.40. The first kappa shape index (κ1) is 12.9. The monoisotopic (exact) mass is 296 g/mol. The molecular weight excluding hydrogens is 286 g/mol. The third-order valence-electron chi connectivity index (χ3n) is 3.06. The number of halogens is 2. The summed E-state index contributed by atoms with van der Waals surface area (Å²) in [6.45, 7) is 1.69. The van der Waals surface area contributed by atoms with Crippen LogP contribution in [0.2, 0.25) is 0 Å². The molecule has 5 nitrogen and oxygen atoms in total. The number of alkyl halides is 1. The van der Waals surface area contributed by atoms with Gasteiger partial charge in [-0.15, -0.1) is 11.3 Å². The molecule has 2 aromatic heterocycles. The number of nitrogens with one attached hydrogen (secondary N) is 1. The van der Waals surface area contributed by atoms with Crippen LogP contribution in [0.1, 0.15) is 16.9 Å². The number of thiophene rings is 1. The fourth-order valence-corrected chi connectivity index (χ4v) is 3.37. The largest absolute Gasteiger partial charge is 0.369 e. The normalized spacial score (nSPS) is 19.1. The van der Waals surface area contributed by atoms with E-state index in [2.05, 4.69) is 15.0 Å². The average molecular weight is 296 g/mol. The number of rotatable bonds is 1. The predicted octanol–water partition coefficient (Wildman–Crippen LogP) is 2.33. The zero-order chi connectivity index (χ0) is 14.4. The molecule has 1 unspecified atom stereocenters. The second-order valence-corrected chi connectivity index (χ2v) is 5.39. The van der Waals surface area contributed by atoms with E-state index in [-0.39, 0.29) is 23.5 Å². The molecule has 0 bridgehead atoms. The van der Waals surface area contributed by atoms with Crippen molar-refractivity contribution in [3.63, 3.8) is 0 Å². The van der Waals surface area contributed by atoms with Crippen molar-refractivity contribution in [3.05, 3.63) is 26.9 Å². The van der Waals surface area contributed by atoms with Gasteiger partial charge in [0.15, 0.2) is 6.30 Å². The summed E-state index contributed by atoms with van der Waals surface area (Å²) in [5, 5.41) is 0.371. The van der Waals surface area contributed by atoms with Gasteiger partial charge in [-0.2, -0.15) is 4.39 Å². The molecule has 2 aromatic rings. The quantitative estimate of drug-likeness (QED) is 0.792. The molecule has 0 radical (unpaired) electrons. The minimum absolute atomic E-state index is 0.00545. The number of aryl methyl sites for hydroxylation is 1. The number of fused-ring (bicyclic) bond motifs is 1. The Morgan fingerprint density at radius 1 is 1.55 bits per heavy atom. The zero-order valence-corrected chi connectivity index (χ0v) is 11.2. The number of aliphatic imine (C=N–C) groups is 1. The molecule has 0 aromatic carbocycles. The summed E-state index contributed by atoms with van der Waals surface area (Å²) < 4.78 is 26.8. The molecule has 1 atom stereocenters. The lowest BCUT2D eigenvalue weighted by molar-refractivity contribution is 0.346. The predicted molar refractivity (Wildman–Crippen MR) is 75.4 cm³/mol. The Balaban J connectivity index is 2.24. The van der Waals surface area contributed by atoms with E-state index in [0.29, 0.717) is 20.7 Å². The topological polar surface area (TPSA) is 84.1 Å². The number of aromatic nitrogens is 2. The summed E-state index contributed by atoms with van der Waals surface area (Å²) in [5.74, 6) is -0.853. The maximum absolute atomic E-state index is 13.8. The number of hydrogen-bond donors (Lipinski definition) is 2. The van der Waals surface area contributed by atoms with Crippen molar-refractivity contribution in [2.45, 2.75) is 19.6 Å². The third kappa shape index (κ3) is 1.92. The van der Waals surface area contributed by atoms with Crippen molar-refractivity contribution in [3.8, 4) is 0 Å². The number of nitrogens with zero attached hydrogens (tertiary/aromatic N) is 2. The Labute approximate surface area is 115 Å². The van der Waals surface area contributed by atoms with Crippen molar-refractivity contribution < 1.29 is 8.78 Å². The number of aromatic amines is 1. The van der Waals surface area contributed by atoms with E-state index in [1.165, 1.54) is 6.08 Å². The maximum atomic E-state index is 13.8. The van der Waals surface area contributed by atoms with Crippen LogP contribution in [0.15, 0.2) is 15.9 Å². The zero-order valence-electron chi connectivity index (χ0n) is 10.4. The van der Waals surface area contributed by atoms with Gasteiger partial charge in [-0.3, -0.25) is 9.78 Å². The van der Waals surface area contributed by atoms with Gasteiger partial charge >= 0.3 is 0 Å². The van der Waals surface area contributed by atoms with Gasteiger partial charge in [0.25, 0.3) is 5.56 Å². The number of H-pyrrole nitrogens is 1. The molecule has 0 saturated carbocycles. The average Bonchev–Trinajstić information content (AvgIpc) is 2.66. The van der Waals surface area contributed by atoms with Crippen molar-refractivity contribution in [1.82, 2.24) is 9.97 Å². The summed E-state index contributed by atoms with van der Waals surface area (Å²) in [4.78, 5) is 22.5. The van der Waals surface area contributed by atoms with Crippen molar-refractivity contribution >= 4 is 39.0 Å². The molecule has 1 aliphatic rings. The van der Waals surface area contributed by atoms with Crippen molar-refractivity contribution in [1.29, 1.82) is 0 Å². The van der Waals surface area contributed by atoms with E-state index in [0.717, 1.165) is 11.3 Å². The van der Waals surface area contributed by atoms with Gasteiger partial charge in [-0.05, 0) is 12.5 Å². The van der Waals surface area contributed by atoms with Crippen molar-refractivity contribution in [2.24, 2.45) is 4.99 Å². The maximum Gasteiger partial charge on any atom is 0.261 e. The van der Waals surface area contributed by atoms with Crippen LogP contribution in [0.3, 0.4) is 0 Å². The summed E-state index contributed by atoms with van der Waals surface area (Å²) >= 11 is 1.14. The molecule has 0 amide bonds. The molecule has 3 N–H and O–H groups in total. The Morgan fingerprint density at radius 2 is 2.30 bits per heavy atom. The fourth-order valence-electron chi connectivity index (χ4n) is 2.15. The van der Waals surface area contributed by atoms with E-state index in [9.17, 15) is 13.6 Å². The smallest absolute Gasteiger partial charge is 0.261 e. The highest BCUT2D eigenvalue weighted by atomic mass is 32.1. The Hall–Kier alpha value is -2.09. The van der Waals surface area contributed by atoms with Crippen LogP contribution in [0.5, 0.6) is 0 Å². The van der Waals surface area contributed by atoms with Crippen molar-refractivity contribution in [2.75, 3.05) is 5.73 Å². The van der Waals surface area contributed by atoms with E-state index in [1.807, 2.05) is 0 Å². The molecule has 3 heterocycles. The molecule has 0 saturated heterocycles. The molecule has 1 aliphatic heterocycles. The van der Waals surface area contributed by atoms with Gasteiger partial charge in [0.05, 0.1) is 5.39 Å². The summed E-state index contributed by atoms with van der Waals surface area (Å²) in [5.41, 5.74) is 5.91. The van der Waals surface area contributed by atoms with Crippen LogP contribution in [0.25, 0.3) is 15.8 Å². The highest BCUT2D eigenvalue weighted by Crippen LogP contribution is 2.35. The van der Waals surface area contributed by atoms with Gasteiger partial charge in [0.2, 0.25) is 11.9 Å². The SMILES string of the molecule is Cc1c(C2=CCC(F)N=C2F)sc2nc(N)[nH]c(=O)c12. The van der Waals surface area contributed by atoms with E-state index in [1.54, 1.807) is 6.92 Å². The van der Waals surface area contributed by atoms with Gasteiger partial charge in [-0.1, -0.05) is 6.08 Å². The van der Waals surface area contributed by atoms with E-state index >= 15 is 0 Å². The van der Waals surface area contributed by atoms with Crippen LogP contribution >= 0.6 is 11.3 Å². The third-order valence-corrected chi connectivity index (χ3v) is 4.27. The van der Waals surface area contributed by atoms with Crippen LogP contribution in [-0.2, 0) is 0 Å². The standard InChI is InChI=1S/C12H10F2N4OS/c1-4-7-10(19)17-12(15)18-11(7)20-8(4)5-2-3-6(13)16-9(5)14/h2,6H,3H2,1H3,(H3,15,17,18,19). The summed E-state index contributed by atoms with van der Waals surface area (Å²) in [6, 6.07) is 0. The lowest BCUT2D eigenvalue weighted by Gasteiger charge is -2.10. The number of allylic oxidation sites excluding steroid dienone is 1.